The van der Waals surface area contributed by atoms with Crippen LogP contribution in [0.15, 0.2) is 103 Å². The molecule has 2 saturated heterocycles. The minimum absolute atomic E-state index is 0.193. The fourth-order valence-corrected chi connectivity index (χ4v) is 5.25. The van der Waals surface area contributed by atoms with E-state index < -0.39 is 30.9 Å². The number of methoxy groups -OCH3 is 1. The van der Waals surface area contributed by atoms with Crippen LogP contribution in [0.2, 0.25) is 0 Å². The molecule has 0 aromatic heterocycles. The standard InChI is InChI=1S/C34H32O6/c1-35-34-32(37-22-24-12-4-2-5-13-24)31(30-29(39-34)23-38-33(40-30)27-15-6-3-7-16-27)36-21-11-19-26-18-10-17-25-14-8-9-20-28(25)26/h2-10,12-18,20,29-34H,21-23H2,1H3/t29-,30-,31+,32+,33-,34-/m1/s1. The van der Waals surface area contributed by atoms with Crippen molar-refractivity contribution in [2.45, 2.75) is 43.6 Å². The lowest BCUT2D eigenvalue weighted by atomic mass is 9.97. The molecule has 204 valence electrons. The van der Waals surface area contributed by atoms with E-state index in [-0.39, 0.29) is 12.7 Å². The Hall–Kier alpha value is -3.54. The summed E-state index contributed by atoms with van der Waals surface area (Å²) < 4.78 is 37.4. The minimum atomic E-state index is -0.651. The molecule has 4 aromatic carbocycles. The Kier molecular flexibility index (Phi) is 8.50. The summed E-state index contributed by atoms with van der Waals surface area (Å²) in [4.78, 5) is 0. The summed E-state index contributed by atoms with van der Waals surface area (Å²) >= 11 is 0. The number of fused-ring (bicyclic) bond motifs is 2. The SMILES string of the molecule is CO[C@@H]1O[C@@H]2CO[C@@H](c3ccccc3)O[C@H]2[C@H](OCC#Cc2cccc3ccccc23)[C@@H]1OCc1ccccc1. The van der Waals surface area contributed by atoms with Gasteiger partial charge in [-0.2, -0.15) is 0 Å². The molecule has 0 N–H and O–H groups in total. The average molecular weight is 537 g/mol. The van der Waals surface area contributed by atoms with Crippen LogP contribution < -0.4 is 0 Å². The Labute approximate surface area is 234 Å². The fraction of sp³-hybridized carbons (Fsp3) is 0.294. The number of benzene rings is 4. The van der Waals surface area contributed by atoms with Crippen LogP contribution in [-0.2, 0) is 35.0 Å². The van der Waals surface area contributed by atoms with Crippen LogP contribution in [0.25, 0.3) is 10.8 Å². The maximum absolute atomic E-state index is 6.48. The van der Waals surface area contributed by atoms with Crippen LogP contribution in [0.4, 0.5) is 0 Å². The highest BCUT2D eigenvalue weighted by Gasteiger charge is 2.51. The fourth-order valence-electron chi connectivity index (χ4n) is 5.25. The highest BCUT2D eigenvalue weighted by molar-refractivity contribution is 5.88. The largest absolute Gasteiger partial charge is 0.365 e. The van der Waals surface area contributed by atoms with E-state index in [0.717, 1.165) is 27.5 Å². The van der Waals surface area contributed by atoms with Gasteiger partial charge in [0.15, 0.2) is 12.6 Å². The Morgan fingerprint density at radius 1 is 0.775 bits per heavy atom. The quantitative estimate of drug-likeness (QED) is 0.285. The summed E-state index contributed by atoms with van der Waals surface area (Å²) in [5.74, 6) is 6.50. The molecule has 6 atom stereocenters. The normalized spacial score (nSPS) is 26.0. The maximum atomic E-state index is 6.48. The van der Waals surface area contributed by atoms with Crippen LogP contribution in [0.1, 0.15) is 23.0 Å². The van der Waals surface area contributed by atoms with E-state index in [4.69, 9.17) is 28.4 Å². The van der Waals surface area contributed by atoms with Crippen molar-refractivity contribution >= 4 is 10.8 Å². The van der Waals surface area contributed by atoms with E-state index >= 15 is 0 Å². The second-order valence-corrected chi connectivity index (χ2v) is 9.82. The Bertz CT molecular complexity index is 1440. The van der Waals surface area contributed by atoms with Gasteiger partial charge in [-0.3, -0.25) is 0 Å². The van der Waals surface area contributed by atoms with Gasteiger partial charge in [-0.25, -0.2) is 0 Å². The van der Waals surface area contributed by atoms with E-state index in [9.17, 15) is 0 Å². The predicted octanol–water partition coefficient (Wildman–Crippen LogP) is 5.65. The maximum Gasteiger partial charge on any atom is 0.186 e. The average Bonchev–Trinajstić information content (AvgIpc) is 3.02. The van der Waals surface area contributed by atoms with E-state index in [1.54, 1.807) is 7.11 Å². The number of hydrogen-bond donors (Lipinski definition) is 0. The Balaban J connectivity index is 1.24. The Morgan fingerprint density at radius 3 is 2.35 bits per heavy atom. The van der Waals surface area contributed by atoms with Gasteiger partial charge < -0.3 is 28.4 Å². The third-order valence-corrected chi connectivity index (χ3v) is 7.23. The lowest BCUT2D eigenvalue weighted by Gasteiger charge is -2.48. The summed E-state index contributed by atoms with van der Waals surface area (Å²) in [6, 6.07) is 34.2. The molecule has 2 heterocycles. The first-order valence-corrected chi connectivity index (χ1v) is 13.5. The first-order valence-electron chi connectivity index (χ1n) is 13.5. The van der Waals surface area contributed by atoms with Crippen LogP contribution in [-0.4, -0.2) is 51.0 Å². The first-order chi connectivity index (χ1) is 19.8. The van der Waals surface area contributed by atoms with E-state index in [0.29, 0.717) is 13.2 Å². The number of ether oxygens (including phenoxy) is 6. The summed E-state index contributed by atoms with van der Waals surface area (Å²) in [6.45, 7) is 0.919. The summed E-state index contributed by atoms with van der Waals surface area (Å²) in [7, 11) is 1.61. The van der Waals surface area contributed by atoms with Crippen LogP contribution in [0.3, 0.4) is 0 Å². The molecule has 2 aliphatic heterocycles. The molecule has 0 amide bonds. The first kappa shape index (κ1) is 26.7. The molecule has 6 nitrogen and oxygen atoms in total. The second kappa shape index (κ2) is 12.8. The van der Waals surface area contributed by atoms with Crippen LogP contribution in [0.5, 0.6) is 0 Å². The topological polar surface area (TPSA) is 55.4 Å². The second-order valence-electron chi connectivity index (χ2n) is 9.82. The van der Waals surface area contributed by atoms with Gasteiger partial charge in [0.05, 0.1) is 13.2 Å². The molecule has 2 aliphatic rings. The van der Waals surface area contributed by atoms with Crippen molar-refractivity contribution in [3.63, 3.8) is 0 Å². The van der Waals surface area contributed by atoms with Crippen molar-refractivity contribution in [3.8, 4) is 11.8 Å². The monoisotopic (exact) mass is 536 g/mol. The van der Waals surface area contributed by atoms with Crippen molar-refractivity contribution in [3.05, 3.63) is 120 Å². The third-order valence-electron chi connectivity index (χ3n) is 7.23. The lowest BCUT2D eigenvalue weighted by molar-refractivity contribution is -0.367. The van der Waals surface area contributed by atoms with Gasteiger partial charge in [-0.05, 0) is 22.4 Å². The molecule has 0 unspecified atom stereocenters. The van der Waals surface area contributed by atoms with Crippen LogP contribution in [0, 0.1) is 11.8 Å². The molecule has 4 aromatic rings. The van der Waals surface area contributed by atoms with E-state index in [1.807, 2.05) is 84.9 Å². The van der Waals surface area contributed by atoms with E-state index in [2.05, 4.69) is 30.0 Å². The molecule has 6 rings (SSSR count). The summed E-state index contributed by atoms with van der Waals surface area (Å²) in [5, 5.41) is 2.27. The van der Waals surface area contributed by atoms with Crippen molar-refractivity contribution in [1.82, 2.24) is 0 Å². The van der Waals surface area contributed by atoms with Crippen molar-refractivity contribution in [1.29, 1.82) is 0 Å². The van der Waals surface area contributed by atoms with Crippen molar-refractivity contribution in [2.75, 3.05) is 20.3 Å². The van der Waals surface area contributed by atoms with E-state index in [1.165, 1.54) is 0 Å². The Morgan fingerprint density at radius 2 is 1.52 bits per heavy atom. The molecule has 0 radical (unpaired) electrons. The predicted molar refractivity (Wildman–Crippen MR) is 151 cm³/mol. The van der Waals surface area contributed by atoms with Gasteiger partial charge in [-0.1, -0.05) is 109 Å². The lowest BCUT2D eigenvalue weighted by Crippen LogP contribution is -2.63. The van der Waals surface area contributed by atoms with Gasteiger partial charge in [0.25, 0.3) is 0 Å². The van der Waals surface area contributed by atoms with Crippen molar-refractivity contribution in [2.24, 2.45) is 0 Å². The van der Waals surface area contributed by atoms with Gasteiger partial charge in [-0.15, -0.1) is 0 Å². The summed E-state index contributed by atoms with van der Waals surface area (Å²) in [6.07, 6.45) is -3.04. The number of hydrogen-bond acceptors (Lipinski definition) is 6. The number of rotatable bonds is 7. The highest BCUT2D eigenvalue weighted by atomic mass is 16.8. The molecular formula is C34H32O6. The summed E-state index contributed by atoms with van der Waals surface area (Å²) in [5.41, 5.74) is 2.94. The van der Waals surface area contributed by atoms with Gasteiger partial charge in [0.2, 0.25) is 0 Å². The molecule has 2 fully saturated rings. The smallest absolute Gasteiger partial charge is 0.186 e. The van der Waals surface area contributed by atoms with Crippen LogP contribution >= 0.6 is 0 Å². The molecule has 40 heavy (non-hydrogen) atoms. The van der Waals surface area contributed by atoms with Gasteiger partial charge >= 0.3 is 0 Å². The molecule has 6 heteroatoms. The molecule has 0 aliphatic carbocycles. The third kappa shape index (κ3) is 5.96. The van der Waals surface area contributed by atoms with Crippen molar-refractivity contribution < 1.29 is 28.4 Å². The van der Waals surface area contributed by atoms with Gasteiger partial charge in [0, 0.05) is 18.2 Å². The zero-order valence-electron chi connectivity index (χ0n) is 22.3. The molecule has 0 saturated carbocycles. The molecular weight excluding hydrogens is 504 g/mol. The highest BCUT2D eigenvalue weighted by Crippen LogP contribution is 2.36. The van der Waals surface area contributed by atoms with Gasteiger partial charge in [0.1, 0.15) is 31.0 Å². The molecule has 0 bridgehead atoms. The molecule has 0 spiro atoms. The zero-order chi connectivity index (χ0) is 27.1. The zero-order valence-corrected chi connectivity index (χ0v) is 22.3. The minimum Gasteiger partial charge on any atom is -0.365 e.